The van der Waals surface area contributed by atoms with Gasteiger partial charge in [0.15, 0.2) is 4.80 Å². The minimum absolute atomic E-state index is 0.145. The number of amides is 1. The van der Waals surface area contributed by atoms with Crippen LogP contribution in [0.25, 0.3) is 10.2 Å². The summed E-state index contributed by atoms with van der Waals surface area (Å²) in [6.07, 6.45) is 2.82. The van der Waals surface area contributed by atoms with Crippen molar-refractivity contribution in [3.05, 3.63) is 57.7 Å². The Balaban J connectivity index is 1.73. The van der Waals surface area contributed by atoms with Crippen LogP contribution >= 0.6 is 34.3 Å². The maximum absolute atomic E-state index is 13.1. The highest BCUT2D eigenvalue weighted by molar-refractivity contribution is 7.91. The number of sulfonamides is 1. The van der Waals surface area contributed by atoms with Crippen LogP contribution in [0, 0.1) is 6.92 Å². The fourth-order valence-electron chi connectivity index (χ4n) is 3.57. The van der Waals surface area contributed by atoms with Gasteiger partial charge >= 0.3 is 0 Å². The van der Waals surface area contributed by atoms with Crippen molar-refractivity contribution in [2.24, 2.45) is 4.99 Å². The molecule has 1 fully saturated rings. The van der Waals surface area contributed by atoms with Crippen molar-refractivity contribution >= 4 is 60.4 Å². The maximum Gasteiger partial charge on any atom is 0.266 e. The minimum Gasteiger partial charge on any atom is -0.313 e. The van der Waals surface area contributed by atoms with E-state index in [2.05, 4.69) is 17.6 Å². The van der Waals surface area contributed by atoms with Gasteiger partial charge in [-0.15, -0.1) is 17.9 Å². The summed E-state index contributed by atoms with van der Waals surface area (Å²) >= 11 is 8.33. The molecule has 4 rings (SSSR count). The number of carbonyl (C=O) groups excluding carboxylic acids is 1. The van der Waals surface area contributed by atoms with E-state index < -0.39 is 22.0 Å². The number of thiazole rings is 1. The fraction of sp³-hybridized carbons (Fsp3) is 0.300. The molecule has 1 aliphatic rings. The van der Waals surface area contributed by atoms with Crippen molar-refractivity contribution in [3.63, 3.8) is 0 Å². The van der Waals surface area contributed by atoms with Crippen molar-refractivity contribution in [3.8, 4) is 0 Å². The van der Waals surface area contributed by atoms with E-state index in [1.54, 1.807) is 12.1 Å². The third kappa shape index (κ3) is 3.92. The fourth-order valence-corrected chi connectivity index (χ4v) is 7.97. The number of aryl methyl sites for hydroxylation is 1. The molecule has 0 N–H and O–H groups in total. The first-order valence-electron chi connectivity index (χ1n) is 9.38. The van der Waals surface area contributed by atoms with Crippen LogP contribution in [-0.4, -0.2) is 35.8 Å². The van der Waals surface area contributed by atoms with Crippen LogP contribution < -0.4 is 4.80 Å². The average molecular weight is 482 g/mol. The highest BCUT2D eigenvalue weighted by Gasteiger charge is 2.40. The molecule has 1 aliphatic heterocycles. The SMILES string of the molecule is C=CCn1c(=NC(=O)C2CCCN2S(=O)(=O)c2ccc(Cl)s2)sc2cc(C)ccc21. The van der Waals surface area contributed by atoms with Gasteiger partial charge in [-0.3, -0.25) is 4.79 Å². The number of aromatic nitrogens is 1. The highest BCUT2D eigenvalue weighted by Crippen LogP contribution is 2.32. The van der Waals surface area contributed by atoms with Crippen molar-refractivity contribution in [2.45, 2.75) is 36.6 Å². The summed E-state index contributed by atoms with van der Waals surface area (Å²) in [5, 5.41) is 0. The number of allylic oxidation sites excluding steroid dienone is 1. The lowest BCUT2D eigenvalue weighted by atomic mass is 10.2. The second kappa shape index (κ2) is 8.39. The summed E-state index contributed by atoms with van der Waals surface area (Å²) < 4.78 is 30.8. The normalized spacial score (nSPS) is 18.3. The Hall–Kier alpha value is -1.78. The summed E-state index contributed by atoms with van der Waals surface area (Å²) in [4.78, 5) is 18.0. The number of nitrogens with zero attached hydrogens (tertiary/aromatic N) is 3. The van der Waals surface area contributed by atoms with Crippen molar-refractivity contribution in [2.75, 3.05) is 6.54 Å². The molecule has 30 heavy (non-hydrogen) atoms. The van der Waals surface area contributed by atoms with Gasteiger partial charge in [-0.05, 0) is 49.6 Å². The van der Waals surface area contributed by atoms with Crippen molar-refractivity contribution in [1.29, 1.82) is 0 Å². The zero-order chi connectivity index (χ0) is 21.5. The molecule has 3 heterocycles. The number of hydrogen-bond donors (Lipinski definition) is 0. The van der Waals surface area contributed by atoms with Gasteiger partial charge in [-0.25, -0.2) is 8.42 Å². The molecule has 0 spiro atoms. The van der Waals surface area contributed by atoms with E-state index >= 15 is 0 Å². The Labute approximate surface area is 187 Å². The van der Waals surface area contributed by atoms with Gasteiger partial charge in [0.1, 0.15) is 10.3 Å². The molecule has 6 nitrogen and oxygen atoms in total. The van der Waals surface area contributed by atoms with Crippen molar-refractivity contribution in [1.82, 2.24) is 8.87 Å². The molecule has 0 aliphatic carbocycles. The van der Waals surface area contributed by atoms with E-state index in [9.17, 15) is 13.2 Å². The zero-order valence-corrected chi connectivity index (χ0v) is 19.5. The molecule has 1 amide bonds. The van der Waals surface area contributed by atoms with Gasteiger partial charge in [0.05, 0.1) is 14.6 Å². The summed E-state index contributed by atoms with van der Waals surface area (Å²) in [5.41, 5.74) is 2.09. The number of halogens is 1. The van der Waals surface area contributed by atoms with E-state index in [0.29, 0.717) is 35.1 Å². The van der Waals surface area contributed by atoms with Crippen LogP contribution in [0.1, 0.15) is 18.4 Å². The van der Waals surface area contributed by atoms with Crippen LogP contribution in [-0.2, 0) is 21.4 Å². The van der Waals surface area contributed by atoms with Gasteiger partial charge in [0, 0.05) is 13.1 Å². The first-order valence-corrected chi connectivity index (χ1v) is 12.8. The lowest BCUT2D eigenvalue weighted by Gasteiger charge is -2.20. The summed E-state index contributed by atoms with van der Waals surface area (Å²) in [5.74, 6) is -0.445. The average Bonchev–Trinajstić information content (AvgIpc) is 3.41. The molecule has 0 saturated carbocycles. The zero-order valence-electron chi connectivity index (χ0n) is 16.2. The Morgan fingerprint density at radius 3 is 2.83 bits per heavy atom. The van der Waals surface area contributed by atoms with Crippen LogP contribution in [0.15, 0.2) is 52.2 Å². The second-order valence-electron chi connectivity index (χ2n) is 7.04. The molecular formula is C20H20ClN3O3S3. The smallest absolute Gasteiger partial charge is 0.266 e. The van der Waals surface area contributed by atoms with Gasteiger partial charge in [0.25, 0.3) is 15.9 Å². The molecule has 3 aromatic rings. The molecule has 0 bridgehead atoms. The van der Waals surface area contributed by atoms with Crippen molar-refractivity contribution < 1.29 is 13.2 Å². The molecule has 1 saturated heterocycles. The summed E-state index contributed by atoms with van der Waals surface area (Å²) in [6, 6.07) is 8.29. The first-order chi connectivity index (χ1) is 14.3. The van der Waals surface area contributed by atoms with Crippen LogP contribution in [0.5, 0.6) is 0 Å². The van der Waals surface area contributed by atoms with Crippen LogP contribution in [0.3, 0.4) is 0 Å². The Morgan fingerprint density at radius 2 is 2.13 bits per heavy atom. The van der Waals surface area contributed by atoms with Crippen LogP contribution in [0.2, 0.25) is 4.34 Å². The van der Waals surface area contributed by atoms with E-state index in [0.717, 1.165) is 27.1 Å². The molecule has 10 heteroatoms. The largest absolute Gasteiger partial charge is 0.313 e. The van der Waals surface area contributed by atoms with Crippen LogP contribution in [0.4, 0.5) is 0 Å². The molecular weight excluding hydrogens is 462 g/mol. The number of hydrogen-bond acceptors (Lipinski definition) is 5. The summed E-state index contributed by atoms with van der Waals surface area (Å²) in [6.45, 7) is 6.61. The summed E-state index contributed by atoms with van der Waals surface area (Å²) in [7, 11) is -3.79. The first kappa shape index (κ1) is 21.5. The molecule has 2 aromatic heterocycles. The predicted octanol–water partition coefficient (Wildman–Crippen LogP) is 4.19. The third-order valence-corrected chi connectivity index (χ3v) is 9.60. The number of fused-ring (bicyclic) bond motifs is 1. The predicted molar refractivity (Wildman–Crippen MR) is 122 cm³/mol. The monoisotopic (exact) mass is 481 g/mol. The Kier molecular flexibility index (Phi) is 6.00. The molecule has 1 atom stereocenters. The minimum atomic E-state index is -3.79. The number of carbonyl (C=O) groups is 1. The molecule has 158 valence electrons. The molecule has 1 unspecified atom stereocenters. The van der Waals surface area contributed by atoms with E-state index in [1.165, 1.54) is 21.7 Å². The number of benzene rings is 1. The van der Waals surface area contributed by atoms with Gasteiger partial charge in [0.2, 0.25) is 0 Å². The Morgan fingerprint density at radius 1 is 1.33 bits per heavy atom. The highest BCUT2D eigenvalue weighted by atomic mass is 35.5. The topological polar surface area (TPSA) is 71.7 Å². The van der Waals surface area contributed by atoms with E-state index in [-0.39, 0.29) is 4.21 Å². The lowest BCUT2D eigenvalue weighted by molar-refractivity contribution is -0.121. The molecule has 0 radical (unpaired) electrons. The van der Waals surface area contributed by atoms with E-state index in [1.807, 2.05) is 23.6 Å². The van der Waals surface area contributed by atoms with Gasteiger partial charge in [-0.1, -0.05) is 35.1 Å². The number of thiophene rings is 1. The second-order valence-corrected chi connectivity index (χ2v) is 11.9. The van der Waals surface area contributed by atoms with Gasteiger partial charge < -0.3 is 4.57 Å². The van der Waals surface area contributed by atoms with E-state index in [4.69, 9.17) is 11.6 Å². The van der Waals surface area contributed by atoms with Gasteiger partial charge in [-0.2, -0.15) is 9.30 Å². The third-order valence-electron chi connectivity index (χ3n) is 4.96. The quantitative estimate of drug-likeness (QED) is 0.513. The lowest BCUT2D eigenvalue weighted by Crippen LogP contribution is -2.40. The molecule has 1 aromatic carbocycles. The Bertz CT molecular complexity index is 1300. The maximum atomic E-state index is 13.1. The number of rotatable bonds is 5. The standard InChI is InChI=1S/C20H20ClN3O3S3/c1-3-10-23-14-7-6-13(2)12-16(14)28-20(23)22-19(25)15-5-4-11-24(15)30(26,27)18-9-8-17(21)29-18/h3,6-9,12,15H,1,4-5,10-11H2,2H3.